The van der Waals surface area contributed by atoms with Crippen molar-refractivity contribution in [2.75, 3.05) is 6.67 Å². The molecule has 0 aromatic rings. The van der Waals surface area contributed by atoms with Crippen molar-refractivity contribution in [1.29, 1.82) is 0 Å². The van der Waals surface area contributed by atoms with Crippen molar-refractivity contribution in [2.24, 2.45) is 0 Å². The minimum Gasteiger partial charge on any atom is -0.303 e. The van der Waals surface area contributed by atoms with Crippen molar-refractivity contribution in [3.63, 3.8) is 0 Å². The second kappa shape index (κ2) is 6.80. The van der Waals surface area contributed by atoms with Crippen LogP contribution in [0.4, 0.5) is 30.7 Å². The van der Waals surface area contributed by atoms with Crippen LogP contribution >= 0.6 is 7.82 Å². The molecule has 4 nitrogen and oxygen atoms in total. The molecule has 12 heteroatoms. The highest BCUT2D eigenvalue weighted by Crippen LogP contribution is 2.49. The molecule has 0 aromatic heterocycles. The van der Waals surface area contributed by atoms with Crippen molar-refractivity contribution >= 4 is 7.82 Å². The highest BCUT2D eigenvalue weighted by molar-refractivity contribution is 7.46. The zero-order valence-electron chi connectivity index (χ0n) is 10.7. The maximum absolute atomic E-state index is 13.2. The van der Waals surface area contributed by atoms with Gasteiger partial charge in [0.25, 0.3) is 0 Å². The van der Waals surface area contributed by atoms with Crippen LogP contribution in [0.2, 0.25) is 0 Å². The van der Waals surface area contributed by atoms with Crippen LogP contribution in [0.25, 0.3) is 0 Å². The minimum absolute atomic E-state index is 0.230. The van der Waals surface area contributed by atoms with Crippen molar-refractivity contribution < 1.29 is 49.6 Å². The molecule has 0 fully saturated rings. The molecule has 0 spiro atoms. The lowest BCUT2D eigenvalue weighted by molar-refractivity contribution is -0.314. The Hall–Kier alpha value is -0.380. The van der Waals surface area contributed by atoms with Crippen molar-refractivity contribution in [1.82, 2.24) is 0 Å². The summed E-state index contributed by atoms with van der Waals surface area (Å²) in [6, 6.07) is 0. The fraction of sp³-hybridized carbons (Fsp3) is 1.00. The lowest BCUT2D eigenvalue weighted by atomic mass is 9.98. The zero-order valence-corrected chi connectivity index (χ0v) is 11.6. The summed E-state index contributed by atoms with van der Waals surface area (Å²) in [5, 5.41) is 0. The molecule has 0 aliphatic carbocycles. The molecular weight excluding hydrogens is 336 g/mol. The number of hydrogen-bond donors (Lipinski definition) is 2. The van der Waals surface area contributed by atoms with Gasteiger partial charge in [0.1, 0.15) is 0 Å². The summed E-state index contributed by atoms with van der Waals surface area (Å²) in [5.74, 6) is -16.8. The van der Waals surface area contributed by atoms with Crippen molar-refractivity contribution in [3.05, 3.63) is 0 Å². The van der Waals surface area contributed by atoms with Gasteiger partial charge >= 0.3 is 25.6 Å². The fourth-order valence-corrected chi connectivity index (χ4v) is 2.02. The summed E-state index contributed by atoms with van der Waals surface area (Å²) in [4.78, 5) is 16.9. The predicted molar refractivity (Wildman–Crippen MR) is 57.3 cm³/mol. The highest BCUT2D eigenvalue weighted by atomic mass is 31.2. The maximum Gasteiger partial charge on any atom is 0.469 e. The Bertz CT molecular complexity index is 384. The first-order valence-corrected chi connectivity index (χ1v) is 7.16. The quantitative estimate of drug-likeness (QED) is 0.493. The number of rotatable bonds is 9. The molecule has 0 aromatic carbocycles. The Morgan fingerprint density at radius 3 is 1.90 bits per heavy atom. The van der Waals surface area contributed by atoms with Gasteiger partial charge in [0.2, 0.25) is 0 Å². The van der Waals surface area contributed by atoms with E-state index in [0.29, 0.717) is 0 Å². The highest BCUT2D eigenvalue weighted by Gasteiger charge is 2.71. The first kappa shape index (κ1) is 20.6. The van der Waals surface area contributed by atoms with E-state index in [-0.39, 0.29) is 6.42 Å². The zero-order chi connectivity index (χ0) is 17.1. The second-order valence-electron chi connectivity index (χ2n) is 4.28. The van der Waals surface area contributed by atoms with Gasteiger partial charge in [0.15, 0.2) is 6.67 Å². The topological polar surface area (TPSA) is 66.8 Å². The SMILES string of the molecule is CCC(CCC(F)(F)C(F)(F)C(F)(F)CF)OP(=O)(O)O. The third-order valence-corrected chi connectivity index (χ3v) is 3.18. The number of phosphoric ester groups is 1. The Morgan fingerprint density at radius 2 is 1.57 bits per heavy atom. The van der Waals surface area contributed by atoms with Gasteiger partial charge in [-0.05, 0) is 12.8 Å². The molecule has 0 bridgehead atoms. The molecule has 0 radical (unpaired) electrons. The summed E-state index contributed by atoms with van der Waals surface area (Å²) >= 11 is 0. The molecule has 0 aliphatic heterocycles. The number of alkyl halides is 7. The van der Waals surface area contributed by atoms with Crippen LogP contribution in [0.3, 0.4) is 0 Å². The largest absolute Gasteiger partial charge is 0.469 e. The van der Waals surface area contributed by atoms with Crippen molar-refractivity contribution in [3.8, 4) is 0 Å². The number of halogens is 7. The average Bonchev–Trinajstić information content (AvgIpc) is 2.32. The molecule has 0 heterocycles. The van der Waals surface area contributed by atoms with Crippen LogP contribution in [0, 0.1) is 0 Å². The molecule has 0 saturated carbocycles. The van der Waals surface area contributed by atoms with Crippen LogP contribution in [-0.4, -0.2) is 40.3 Å². The Labute approximate surface area is 115 Å². The van der Waals surface area contributed by atoms with Crippen LogP contribution < -0.4 is 0 Å². The van der Waals surface area contributed by atoms with Gasteiger partial charge in [0, 0.05) is 6.42 Å². The van der Waals surface area contributed by atoms with Crippen LogP contribution in [0.1, 0.15) is 26.2 Å². The van der Waals surface area contributed by atoms with Gasteiger partial charge in [-0.15, -0.1) is 0 Å². The number of phosphoric acid groups is 1. The van der Waals surface area contributed by atoms with E-state index in [0.717, 1.165) is 0 Å². The van der Waals surface area contributed by atoms with E-state index in [2.05, 4.69) is 4.52 Å². The van der Waals surface area contributed by atoms with E-state index in [9.17, 15) is 35.3 Å². The molecule has 1 atom stereocenters. The standard InChI is InChI=1S/C9H14F7O4P/c1-2-6(20-21(17,18)19)3-4-7(11,12)9(15,16)8(13,14)5-10/h6H,2-5H2,1H3,(H2,17,18,19). The summed E-state index contributed by atoms with van der Waals surface area (Å²) in [7, 11) is -5.04. The lowest BCUT2D eigenvalue weighted by Gasteiger charge is -2.32. The average molecular weight is 350 g/mol. The summed E-state index contributed by atoms with van der Waals surface area (Å²) < 4.78 is 104. The van der Waals surface area contributed by atoms with E-state index in [4.69, 9.17) is 9.79 Å². The maximum atomic E-state index is 13.2. The smallest absolute Gasteiger partial charge is 0.303 e. The first-order chi connectivity index (χ1) is 9.20. The predicted octanol–water partition coefficient (Wildman–Crippen LogP) is 3.53. The molecule has 0 saturated heterocycles. The summed E-state index contributed by atoms with van der Waals surface area (Å²) in [5.41, 5.74) is 0. The molecule has 0 aliphatic rings. The Kier molecular flexibility index (Phi) is 6.68. The van der Waals surface area contributed by atoms with E-state index < -0.39 is 51.2 Å². The normalized spacial score (nSPS) is 16.1. The van der Waals surface area contributed by atoms with Gasteiger partial charge < -0.3 is 9.79 Å². The van der Waals surface area contributed by atoms with E-state index in [1.807, 2.05) is 0 Å². The third-order valence-electron chi connectivity index (χ3n) is 2.61. The van der Waals surface area contributed by atoms with Gasteiger partial charge in [-0.25, -0.2) is 8.96 Å². The summed E-state index contributed by atoms with van der Waals surface area (Å²) in [6.45, 7) is -1.71. The van der Waals surface area contributed by atoms with Gasteiger partial charge in [-0.2, -0.15) is 26.3 Å². The van der Waals surface area contributed by atoms with Crippen molar-refractivity contribution in [2.45, 2.75) is 50.1 Å². The van der Waals surface area contributed by atoms with Crippen LogP contribution in [0.15, 0.2) is 0 Å². The molecule has 0 rings (SSSR count). The van der Waals surface area contributed by atoms with Gasteiger partial charge in [-0.1, -0.05) is 6.92 Å². The first-order valence-electron chi connectivity index (χ1n) is 5.63. The fourth-order valence-electron chi connectivity index (χ4n) is 1.38. The summed E-state index contributed by atoms with van der Waals surface area (Å²) in [6.07, 6.45) is -4.64. The second-order valence-corrected chi connectivity index (χ2v) is 5.47. The molecule has 128 valence electrons. The van der Waals surface area contributed by atoms with Crippen LogP contribution in [-0.2, 0) is 9.09 Å². The third kappa shape index (κ3) is 5.39. The Balaban J connectivity index is 4.92. The molecule has 1 unspecified atom stereocenters. The number of hydrogen-bond acceptors (Lipinski definition) is 2. The molecular formula is C9H14F7O4P. The molecule has 21 heavy (non-hydrogen) atoms. The van der Waals surface area contributed by atoms with Gasteiger partial charge in [-0.3, -0.25) is 4.52 Å². The Morgan fingerprint density at radius 1 is 1.10 bits per heavy atom. The molecule has 2 N–H and O–H groups in total. The van der Waals surface area contributed by atoms with E-state index >= 15 is 0 Å². The van der Waals surface area contributed by atoms with E-state index in [1.54, 1.807) is 0 Å². The lowest BCUT2D eigenvalue weighted by Crippen LogP contribution is -2.55. The monoisotopic (exact) mass is 350 g/mol. The molecule has 0 amide bonds. The van der Waals surface area contributed by atoms with E-state index in [1.165, 1.54) is 6.92 Å². The van der Waals surface area contributed by atoms with Crippen LogP contribution in [0.5, 0.6) is 0 Å². The van der Waals surface area contributed by atoms with Gasteiger partial charge in [0.05, 0.1) is 6.10 Å². The minimum atomic E-state index is -5.94.